The van der Waals surface area contributed by atoms with E-state index in [-0.39, 0.29) is 5.82 Å². The van der Waals surface area contributed by atoms with Gasteiger partial charge in [-0.25, -0.2) is 9.37 Å². The number of pyridine rings is 3. The van der Waals surface area contributed by atoms with Crippen LogP contribution in [-0.2, 0) is 0 Å². The minimum atomic E-state index is -0.357. The number of likely N-dealkylation sites (tertiary alicyclic amines) is 1. The molecular formula is C31H28FN7O. The molecule has 0 unspecified atom stereocenters. The lowest BCUT2D eigenvalue weighted by Crippen LogP contribution is -2.25. The van der Waals surface area contributed by atoms with Crippen molar-refractivity contribution in [3.05, 3.63) is 78.5 Å². The first kappa shape index (κ1) is 24.4. The lowest BCUT2D eigenvalue weighted by Gasteiger charge is -2.15. The highest BCUT2D eigenvalue weighted by atomic mass is 19.1. The second kappa shape index (κ2) is 10.2. The molecule has 1 aromatic carbocycles. The molecule has 0 atom stereocenters. The van der Waals surface area contributed by atoms with Crippen molar-refractivity contribution in [3.8, 4) is 39.7 Å². The maximum absolute atomic E-state index is 14.7. The summed E-state index contributed by atoms with van der Waals surface area (Å²) in [5.74, 6) is 0.147. The van der Waals surface area contributed by atoms with E-state index >= 15 is 0 Å². The fraction of sp³-hybridized carbons (Fsp3) is 0.226. The number of benzene rings is 1. The van der Waals surface area contributed by atoms with Gasteiger partial charge in [0.1, 0.15) is 29.4 Å². The minimum Gasteiger partial charge on any atom is -0.492 e. The number of rotatable bonds is 7. The third kappa shape index (κ3) is 4.58. The Kier molecular flexibility index (Phi) is 6.20. The van der Waals surface area contributed by atoms with Gasteiger partial charge in [0, 0.05) is 53.2 Å². The summed E-state index contributed by atoms with van der Waals surface area (Å²) in [4.78, 5) is 19.7. The molecular weight excluding hydrogens is 505 g/mol. The zero-order valence-corrected chi connectivity index (χ0v) is 22.1. The Bertz CT molecular complexity index is 1840. The third-order valence-electron chi connectivity index (χ3n) is 7.55. The summed E-state index contributed by atoms with van der Waals surface area (Å²) < 4.78 is 20.6. The number of aromatic amines is 2. The first-order chi connectivity index (χ1) is 19.6. The van der Waals surface area contributed by atoms with Crippen molar-refractivity contribution in [3.63, 3.8) is 0 Å². The number of halogens is 1. The third-order valence-corrected chi connectivity index (χ3v) is 7.55. The Morgan fingerprint density at radius 3 is 2.75 bits per heavy atom. The molecule has 2 N–H and O–H groups in total. The molecule has 0 bridgehead atoms. The van der Waals surface area contributed by atoms with Gasteiger partial charge in [-0.1, -0.05) is 0 Å². The molecule has 6 heterocycles. The fourth-order valence-corrected chi connectivity index (χ4v) is 5.46. The highest BCUT2D eigenvalue weighted by molar-refractivity contribution is 5.99. The quantitative estimate of drug-likeness (QED) is 0.256. The van der Waals surface area contributed by atoms with Gasteiger partial charge in [-0.15, -0.1) is 0 Å². The van der Waals surface area contributed by atoms with Crippen molar-refractivity contribution in [2.45, 2.75) is 19.8 Å². The summed E-state index contributed by atoms with van der Waals surface area (Å²) in [6.45, 7) is 5.61. The van der Waals surface area contributed by atoms with Crippen molar-refractivity contribution < 1.29 is 9.13 Å². The number of aryl methyl sites for hydroxylation is 1. The van der Waals surface area contributed by atoms with Gasteiger partial charge < -0.3 is 9.72 Å². The number of hydrogen-bond donors (Lipinski definition) is 2. The van der Waals surface area contributed by atoms with Crippen LogP contribution in [0.2, 0.25) is 0 Å². The van der Waals surface area contributed by atoms with E-state index in [1.165, 1.54) is 25.0 Å². The van der Waals surface area contributed by atoms with Crippen LogP contribution in [0.3, 0.4) is 0 Å². The Balaban J connectivity index is 1.24. The van der Waals surface area contributed by atoms with Gasteiger partial charge in [-0.2, -0.15) is 5.10 Å². The zero-order valence-electron chi connectivity index (χ0n) is 22.1. The van der Waals surface area contributed by atoms with E-state index < -0.39 is 0 Å². The van der Waals surface area contributed by atoms with Crippen molar-refractivity contribution in [2.75, 3.05) is 26.2 Å². The second-order valence-electron chi connectivity index (χ2n) is 10.2. The van der Waals surface area contributed by atoms with E-state index in [2.05, 4.69) is 30.0 Å². The molecule has 0 spiro atoms. The molecule has 1 fully saturated rings. The van der Waals surface area contributed by atoms with Gasteiger partial charge in [0.15, 0.2) is 0 Å². The molecule has 8 nitrogen and oxygen atoms in total. The summed E-state index contributed by atoms with van der Waals surface area (Å²) in [6, 6.07) is 14.6. The van der Waals surface area contributed by atoms with Crippen LogP contribution in [0.15, 0.2) is 67.1 Å². The Morgan fingerprint density at radius 1 is 0.975 bits per heavy atom. The smallest absolute Gasteiger partial charge is 0.135 e. The largest absolute Gasteiger partial charge is 0.492 e. The van der Waals surface area contributed by atoms with Gasteiger partial charge in [0.05, 0.1) is 22.6 Å². The number of aromatic nitrogens is 6. The van der Waals surface area contributed by atoms with E-state index in [4.69, 9.17) is 9.72 Å². The number of fused-ring (bicyclic) bond motifs is 2. The molecule has 200 valence electrons. The van der Waals surface area contributed by atoms with E-state index in [1.54, 1.807) is 12.4 Å². The van der Waals surface area contributed by atoms with Crippen LogP contribution in [0, 0.1) is 12.7 Å². The predicted octanol–water partition coefficient (Wildman–Crippen LogP) is 6.15. The maximum Gasteiger partial charge on any atom is 0.135 e. The van der Waals surface area contributed by atoms with Gasteiger partial charge in [0.25, 0.3) is 0 Å². The maximum atomic E-state index is 14.7. The Labute approximate surface area is 230 Å². The molecule has 0 saturated carbocycles. The first-order valence-electron chi connectivity index (χ1n) is 13.5. The van der Waals surface area contributed by atoms with Gasteiger partial charge in [0.2, 0.25) is 0 Å². The fourth-order valence-electron chi connectivity index (χ4n) is 5.46. The van der Waals surface area contributed by atoms with Gasteiger partial charge in [-0.3, -0.25) is 20.0 Å². The average Bonchev–Trinajstić information content (AvgIpc) is 3.72. The molecule has 6 aromatic rings. The van der Waals surface area contributed by atoms with E-state index in [0.717, 1.165) is 64.1 Å². The predicted molar refractivity (Wildman–Crippen MR) is 154 cm³/mol. The number of nitrogens with one attached hydrogen (secondary N) is 2. The van der Waals surface area contributed by atoms with Crippen molar-refractivity contribution >= 4 is 21.9 Å². The number of ether oxygens (including phenoxy) is 1. The summed E-state index contributed by atoms with van der Waals surface area (Å²) >= 11 is 0. The lowest BCUT2D eigenvalue weighted by atomic mass is 10.1. The highest BCUT2D eigenvalue weighted by Gasteiger charge is 2.17. The van der Waals surface area contributed by atoms with E-state index in [1.807, 2.05) is 49.5 Å². The minimum absolute atomic E-state index is 0.357. The lowest BCUT2D eigenvalue weighted by molar-refractivity contribution is 0.237. The molecule has 1 saturated heterocycles. The van der Waals surface area contributed by atoms with Crippen molar-refractivity contribution in [1.82, 2.24) is 35.0 Å². The van der Waals surface area contributed by atoms with Crippen LogP contribution in [0.1, 0.15) is 18.4 Å². The topological polar surface area (TPSA) is 95.6 Å². The summed E-state index contributed by atoms with van der Waals surface area (Å²) in [6.07, 6.45) is 7.79. The zero-order chi connectivity index (χ0) is 27.1. The average molecular weight is 534 g/mol. The van der Waals surface area contributed by atoms with Crippen LogP contribution in [0.5, 0.6) is 5.75 Å². The summed E-state index contributed by atoms with van der Waals surface area (Å²) in [5.41, 5.74) is 8.18. The normalized spacial score (nSPS) is 13.9. The van der Waals surface area contributed by atoms with Gasteiger partial charge in [-0.05, 0) is 80.9 Å². The molecule has 7 rings (SSSR count). The standard InChI is InChI=1S/C31H28FN7O/c1-19-6-8-33-18-24(19)25-4-5-27-30(36-25)31(38-37-27)28-17-23-26(35-28)7-9-34-29(23)20-14-21(32)16-22(15-20)40-13-12-39-10-2-3-11-39/h4-9,14-18,35H,2-3,10-13H2,1H3,(H,37,38). The van der Waals surface area contributed by atoms with Crippen LogP contribution in [-0.4, -0.2) is 61.3 Å². The molecule has 9 heteroatoms. The molecule has 40 heavy (non-hydrogen) atoms. The Morgan fingerprint density at radius 2 is 1.88 bits per heavy atom. The molecule has 1 aliphatic rings. The Hall–Kier alpha value is -4.63. The molecule has 5 aromatic heterocycles. The van der Waals surface area contributed by atoms with Crippen molar-refractivity contribution in [1.29, 1.82) is 0 Å². The van der Waals surface area contributed by atoms with Crippen LogP contribution >= 0.6 is 0 Å². The van der Waals surface area contributed by atoms with E-state index in [0.29, 0.717) is 29.3 Å². The number of H-pyrrole nitrogens is 2. The molecule has 1 aliphatic heterocycles. The van der Waals surface area contributed by atoms with Crippen LogP contribution in [0.25, 0.3) is 55.8 Å². The summed E-state index contributed by atoms with van der Waals surface area (Å²) in [5, 5.41) is 8.53. The monoisotopic (exact) mass is 533 g/mol. The molecule has 0 aliphatic carbocycles. The number of hydrogen-bond acceptors (Lipinski definition) is 6. The SMILES string of the molecule is Cc1ccncc1-c1ccc2[nH]nc(-c3cc4c(-c5cc(F)cc(OCCN6CCCC6)c5)nccc4[nH]3)c2n1. The first-order valence-corrected chi connectivity index (χ1v) is 13.5. The summed E-state index contributed by atoms with van der Waals surface area (Å²) in [7, 11) is 0. The van der Waals surface area contributed by atoms with E-state index in [9.17, 15) is 4.39 Å². The highest BCUT2D eigenvalue weighted by Crippen LogP contribution is 2.34. The number of nitrogens with zero attached hydrogens (tertiary/aromatic N) is 5. The van der Waals surface area contributed by atoms with Crippen molar-refractivity contribution in [2.24, 2.45) is 0 Å². The molecule has 0 radical (unpaired) electrons. The van der Waals surface area contributed by atoms with Crippen LogP contribution < -0.4 is 4.74 Å². The van der Waals surface area contributed by atoms with Gasteiger partial charge >= 0.3 is 0 Å². The van der Waals surface area contributed by atoms with Crippen LogP contribution in [0.4, 0.5) is 4.39 Å². The second-order valence-corrected chi connectivity index (χ2v) is 10.2. The molecule has 0 amide bonds.